The Morgan fingerprint density at radius 1 is 1.15 bits per heavy atom. The lowest BCUT2D eigenvalue weighted by Crippen LogP contribution is -2.26. The van der Waals surface area contributed by atoms with Gasteiger partial charge in [0.2, 0.25) is 5.91 Å². The number of amides is 1. The van der Waals surface area contributed by atoms with Crippen molar-refractivity contribution in [2.75, 3.05) is 32.5 Å². The molecule has 1 aromatic carbocycles. The van der Waals surface area contributed by atoms with Crippen molar-refractivity contribution < 1.29 is 4.79 Å². The topological polar surface area (TPSA) is 57.3 Å². The number of nitrogens with zero attached hydrogens (tertiary/aromatic N) is 2. The predicted octanol–water partition coefficient (Wildman–Crippen LogP) is 3.53. The predicted molar refractivity (Wildman–Crippen MR) is 108 cm³/mol. The Labute approximate surface area is 156 Å². The van der Waals surface area contributed by atoms with Gasteiger partial charge in [0.15, 0.2) is 0 Å². The summed E-state index contributed by atoms with van der Waals surface area (Å²) >= 11 is 0. The van der Waals surface area contributed by atoms with Crippen LogP contribution in [0.25, 0.3) is 11.1 Å². The van der Waals surface area contributed by atoms with Crippen LogP contribution in [0.5, 0.6) is 0 Å². The van der Waals surface area contributed by atoms with Gasteiger partial charge < -0.3 is 15.5 Å². The highest BCUT2D eigenvalue weighted by Crippen LogP contribution is 2.22. The normalized spacial score (nSPS) is 10.9. The first-order chi connectivity index (χ1) is 12.6. The van der Waals surface area contributed by atoms with E-state index in [0.29, 0.717) is 6.42 Å². The molecule has 2 N–H and O–H groups in total. The molecule has 2 aromatic rings. The SMILES string of the molecule is CCCCC(=O)Nc1ccc(-c2cncc(CN(C)CCNC)c2)cc1. The average molecular weight is 354 g/mol. The molecule has 5 nitrogen and oxygen atoms in total. The van der Waals surface area contributed by atoms with E-state index in [9.17, 15) is 4.79 Å². The number of pyridine rings is 1. The maximum atomic E-state index is 11.8. The number of benzene rings is 1. The Morgan fingerprint density at radius 3 is 2.62 bits per heavy atom. The van der Waals surface area contributed by atoms with Crippen LogP contribution in [0.2, 0.25) is 0 Å². The third-order valence-corrected chi connectivity index (χ3v) is 4.25. The van der Waals surface area contributed by atoms with Gasteiger partial charge in [-0.15, -0.1) is 0 Å². The molecule has 0 aliphatic heterocycles. The highest BCUT2D eigenvalue weighted by atomic mass is 16.1. The lowest BCUT2D eigenvalue weighted by molar-refractivity contribution is -0.116. The summed E-state index contributed by atoms with van der Waals surface area (Å²) in [5, 5.41) is 6.11. The number of aromatic nitrogens is 1. The maximum absolute atomic E-state index is 11.8. The zero-order chi connectivity index (χ0) is 18.8. The second kappa shape index (κ2) is 10.7. The molecule has 0 spiro atoms. The number of nitrogens with one attached hydrogen (secondary N) is 2. The standard InChI is InChI=1S/C21H30N4O/c1-4-5-6-21(26)24-20-9-7-18(8-10-20)19-13-17(14-23-15-19)16-25(3)12-11-22-2/h7-10,13-15,22H,4-6,11-12,16H2,1-3H3,(H,24,26). The Morgan fingerprint density at radius 2 is 1.92 bits per heavy atom. The van der Waals surface area contributed by atoms with E-state index < -0.39 is 0 Å². The molecule has 140 valence electrons. The van der Waals surface area contributed by atoms with Crippen LogP contribution >= 0.6 is 0 Å². The molecule has 2 rings (SSSR count). The van der Waals surface area contributed by atoms with Gasteiger partial charge in [-0.2, -0.15) is 0 Å². The van der Waals surface area contributed by atoms with Crippen molar-refractivity contribution >= 4 is 11.6 Å². The maximum Gasteiger partial charge on any atom is 0.224 e. The minimum absolute atomic E-state index is 0.0767. The summed E-state index contributed by atoms with van der Waals surface area (Å²) in [5.41, 5.74) is 4.22. The first-order valence-corrected chi connectivity index (χ1v) is 9.29. The minimum Gasteiger partial charge on any atom is -0.326 e. The van der Waals surface area contributed by atoms with Crippen LogP contribution in [0, 0.1) is 0 Å². The van der Waals surface area contributed by atoms with E-state index in [1.807, 2.05) is 43.7 Å². The molecular weight excluding hydrogens is 324 g/mol. The van der Waals surface area contributed by atoms with Crippen molar-refractivity contribution in [3.63, 3.8) is 0 Å². The Bertz CT molecular complexity index is 685. The largest absolute Gasteiger partial charge is 0.326 e. The number of unbranched alkanes of at least 4 members (excludes halogenated alkanes) is 1. The van der Waals surface area contributed by atoms with Gasteiger partial charge in [0.25, 0.3) is 0 Å². The molecule has 5 heteroatoms. The molecule has 0 fully saturated rings. The van der Waals surface area contributed by atoms with Gasteiger partial charge >= 0.3 is 0 Å². The fourth-order valence-electron chi connectivity index (χ4n) is 2.73. The van der Waals surface area contributed by atoms with Crippen LogP contribution in [0.4, 0.5) is 5.69 Å². The fourth-order valence-corrected chi connectivity index (χ4v) is 2.73. The van der Waals surface area contributed by atoms with Gasteiger partial charge in [-0.3, -0.25) is 9.78 Å². The molecule has 0 saturated heterocycles. The highest BCUT2D eigenvalue weighted by molar-refractivity contribution is 5.90. The first kappa shape index (κ1) is 20.1. The molecule has 1 heterocycles. The molecule has 0 radical (unpaired) electrons. The van der Waals surface area contributed by atoms with E-state index >= 15 is 0 Å². The lowest BCUT2D eigenvalue weighted by Gasteiger charge is -2.16. The Balaban J connectivity index is 2.00. The zero-order valence-electron chi connectivity index (χ0n) is 16.1. The van der Waals surface area contributed by atoms with Gasteiger partial charge in [0.1, 0.15) is 0 Å². The van der Waals surface area contributed by atoms with Crippen molar-refractivity contribution in [1.29, 1.82) is 0 Å². The second-order valence-electron chi connectivity index (χ2n) is 6.65. The molecule has 0 aliphatic carbocycles. The number of anilines is 1. The number of rotatable bonds is 10. The van der Waals surface area contributed by atoms with Crippen LogP contribution in [-0.2, 0) is 11.3 Å². The number of likely N-dealkylation sites (N-methyl/N-ethyl adjacent to an activating group) is 2. The Kier molecular flexibility index (Phi) is 8.25. The molecule has 1 aromatic heterocycles. The number of hydrogen-bond donors (Lipinski definition) is 2. The van der Waals surface area contributed by atoms with E-state index in [-0.39, 0.29) is 5.91 Å². The summed E-state index contributed by atoms with van der Waals surface area (Å²) in [6.07, 6.45) is 6.32. The number of carbonyl (C=O) groups is 1. The smallest absolute Gasteiger partial charge is 0.224 e. The molecule has 26 heavy (non-hydrogen) atoms. The monoisotopic (exact) mass is 354 g/mol. The highest BCUT2D eigenvalue weighted by Gasteiger charge is 2.05. The van der Waals surface area contributed by atoms with Crippen LogP contribution in [0.3, 0.4) is 0 Å². The van der Waals surface area contributed by atoms with Gasteiger partial charge in [0, 0.05) is 49.7 Å². The van der Waals surface area contributed by atoms with E-state index in [0.717, 1.165) is 49.3 Å². The lowest BCUT2D eigenvalue weighted by atomic mass is 10.1. The van der Waals surface area contributed by atoms with Crippen LogP contribution in [0.1, 0.15) is 31.7 Å². The zero-order valence-corrected chi connectivity index (χ0v) is 16.1. The van der Waals surface area contributed by atoms with Crippen molar-refractivity contribution in [3.8, 4) is 11.1 Å². The summed E-state index contributed by atoms with van der Waals surface area (Å²) in [6, 6.07) is 10.1. The molecule has 0 unspecified atom stereocenters. The fraction of sp³-hybridized carbons (Fsp3) is 0.429. The van der Waals surface area contributed by atoms with Gasteiger partial charge in [-0.05, 0) is 49.8 Å². The van der Waals surface area contributed by atoms with Crippen molar-refractivity contribution in [2.24, 2.45) is 0 Å². The molecule has 0 atom stereocenters. The van der Waals surface area contributed by atoms with Crippen molar-refractivity contribution in [2.45, 2.75) is 32.7 Å². The van der Waals surface area contributed by atoms with Crippen LogP contribution in [-0.4, -0.2) is 43.0 Å². The number of carbonyl (C=O) groups excluding carboxylic acids is 1. The van der Waals surface area contributed by atoms with E-state index in [1.54, 1.807) is 0 Å². The van der Waals surface area contributed by atoms with E-state index in [1.165, 1.54) is 5.56 Å². The van der Waals surface area contributed by atoms with Crippen molar-refractivity contribution in [3.05, 3.63) is 48.3 Å². The third kappa shape index (κ3) is 6.58. The second-order valence-corrected chi connectivity index (χ2v) is 6.65. The minimum atomic E-state index is 0.0767. The van der Waals surface area contributed by atoms with Crippen LogP contribution < -0.4 is 10.6 Å². The summed E-state index contributed by atoms with van der Waals surface area (Å²) in [7, 11) is 4.08. The molecule has 0 aliphatic rings. The molecule has 1 amide bonds. The molecule has 0 bridgehead atoms. The summed E-state index contributed by atoms with van der Waals surface area (Å²) in [5.74, 6) is 0.0767. The van der Waals surface area contributed by atoms with Gasteiger partial charge in [-0.25, -0.2) is 0 Å². The van der Waals surface area contributed by atoms with Crippen LogP contribution in [0.15, 0.2) is 42.7 Å². The van der Waals surface area contributed by atoms with Gasteiger partial charge in [-0.1, -0.05) is 25.5 Å². The molecule has 0 saturated carbocycles. The first-order valence-electron chi connectivity index (χ1n) is 9.29. The van der Waals surface area contributed by atoms with Gasteiger partial charge in [0.05, 0.1) is 0 Å². The summed E-state index contributed by atoms with van der Waals surface area (Å²) in [4.78, 5) is 18.5. The Hall–Kier alpha value is -2.24. The summed E-state index contributed by atoms with van der Waals surface area (Å²) < 4.78 is 0. The summed E-state index contributed by atoms with van der Waals surface area (Å²) in [6.45, 7) is 4.92. The number of hydrogen-bond acceptors (Lipinski definition) is 4. The molecular formula is C21H30N4O. The van der Waals surface area contributed by atoms with Crippen molar-refractivity contribution in [1.82, 2.24) is 15.2 Å². The van der Waals surface area contributed by atoms with E-state index in [4.69, 9.17) is 0 Å². The van der Waals surface area contributed by atoms with E-state index in [2.05, 4.69) is 40.6 Å². The third-order valence-electron chi connectivity index (χ3n) is 4.25. The quantitative estimate of drug-likeness (QED) is 0.685. The average Bonchev–Trinajstić information content (AvgIpc) is 2.65.